The normalized spacial score (nSPS) is 12.8. The lowest BCUT2D eigenvalue weighted by Gasteiger charge is -2.08. The lowest BCUT2D eigenvalue weighted by molar-refractivity contribution is 0.184. The van der Waals surface area contributed by atoms with Crippen LogP contribution in [0.5, 0.6) is 0 Å². The van der Waals surface area contributed by atoms with E-state index in [-0.39, 0.29) is 6.61 Å². The van der Waals surface area contributed by atoms with Crippen LogP contribution in [0.4, 0.5) is 0 Å². The van der Waals surface area contributed by atoms with Crippen LogP contribution >= 0.6 is 0 Å². The summed E-state index contributed by atoms with van der Waals surface area (Å²) in [7, 11) is 0. The van der Waals surface area contributed by atoms with Crippen LogP contribution in [-0.4, -0.2) is 6.61 Å². The second-order valence-electron chi connectivity index (χ2n) is 3.52. The molecule has 0 heterocycles. The lowest BCUT2D eigenvalue weighted by Crippen LogP contribution is -1.95. The van der Waals surface area contributed by atoms with Crippen molar-refractivity contribution < 1.29 is 5.11 Å². The van der Waals surface area contributed by atoms with Crippen LogP contribution in [0, 0.1) is 5.92 Å². The third-order valence-electron chi connectivity index (χ3n) is 2.20. The molecule has 0 rings (SSSR count). The molecule has 0 bridgehead atoms. The van der Waals surface area contributed by atoms with E-state index in [4.69, 9.17) is 0 Å². The second kappa shape index (κ2) is 8.79. The molecular formula is C11H21O. The van der Waals surface area contributed by atoms with Gasteiger partial charge in [0.2, 0.25) is 0 Å². The average Bonchev–Trinajstić information content (AvgIpc) is 2.06. The van der Waals surface area contributed by atoms with Crippen LogP contribution in [0.25, 0.3) is 0 Å². The van der Waals surface area contributed by atoms with Crippen molar-refractivity contribution in [2.75, 3.05) is 6.61 Å². The molecule has 0 aliphatic carbocycles. The molecule has 1 nitrogen and oxygen atoms in total. The van der Waals surface area contributed by atoms with E-state index in [0.717, 1.165) is 25.2 Å². The van der Waals surface area contributed by atoms with E-state index in [9.17, 15) is 5.11 Å². The summed E-state index contributed by atoms with van der Waals surface area (Å²) in [6.45, 7) is 6.06. The Morgan fingerprint density at radius 2 is 1.92 bits per heavy atom. The predicted molar refractivity (Wildman–Crippen MR) is 52.6 cm³/mol. The largest absolute Gasteiger partial charge is 0.237 e. The lowest BCUT2D eigenvalue weighted by atomic mass is 9.98. The van der Waals surface area contributed by atoms with Crippen molar-refractivity contribution in [2.24, 2.45) is 5.92 Å². The van der Waals surface area contributed by atoms with Gasteiger partial charge in [0.05, 0.1) is 6.61 Å². The summed E-state index contributed by atoms with van der Waals surface area (Å²) in [5, 5.41) is 10.2. The third kappa shape index (κ3) is 7.80. The van der Waals surface area contributed by atoms with E-state index in [1.165, 1.54) is 19.3 Å². The Balaban J connectivity index is 3.09. The Hall–Kier alpha value is -0.300. The smallest absolute Gasteiger partial charge is 0.0822 e. The Morgan fingerprint density at radius 3 is 2.50 bits per heavy atom. The second-order valence-corrected chi connectivity index (χ2v) is 3.52. The van der Waals surface area contributed by atoms with Crippen LogP contribution in [0.3, 0.4) is 0 Å². The van der Waals surface area contributed by atoms with Crippen molar-refractivity contribution in [3.63, 3.8) is 0 Å². The first kappa shape index (κ1) is 11.7. The fraction of sp³-hybridized carbons (Fsp3) is 0.818. The highest BCUT2D eigenvalue weighted by molar-refractivity contribution is 4.66. The molecule has 0 spiro atoms. The van der Waals surface area contributed by atoms with Gasteiger partial charge >= 0.3 is 0 Å². The highest BCUT2D eigenvalue weighted by Gasteiger charge is 2.00. The first-order valence-corrected chi connectivity index (χ1v) is 5.00. The molecule has 1 atom stereocenters. The number of allylic oxidation sites excluding steroid dienone is 1. The fourth-order valence-electron chi connectivity index (χ4n) is 1.35. The monoisotopic (exact) mass is 169 g/mol. The first-order chi connectivity index (χ1) is 5.81. The Labute approximate surface area is 76.5 Å². The van der Waals surface area contributed by atoms with Crippen molar-refractivity contribution in [3.8, 4) is 0 Å². The summed E-state index contributed by atoms with van der Waals surface area (Å²) in [5.41, 5.74) is 0. The quantitative estimate of drug-likeness (QED) is 0.391. The van der Waals surface area contributed by atoms with E-state index in [0.29, 0.717) is 0 Å². The molecule has 0 saturated carbocycles. The standard InChI is InChI=1S/C11H21O/c1-3-4-5-8-11(2)9-6-7-10-12/h3,11H,1,4-10H2,2H3. The summed E-state index contributed by atoms with van der Waals surface area (Å²) >= 11 is 0. The molecule has 0 aromatic heterocycles. The number of hydrogen-bond acceptors (Lipinski definition) is 0. The number of rotatable bonds is 8. The maximum absolute atomic E-state index is 10.2. The van der Waals surface area contributed by atoms with Gasteiger partial charge in [-0.2, -0.15) is 0 Å². The van der Waals surface area contributed by atoms with Crippen molar-refractivity contribution in [1.82, 2.24) is 0 Å². The van der Waals surface area contributed by atoms with E-state index in [2.05, 4.69) is 13.5 Å². The van der Waals surface area contributed by atoms with Gasteiger partial charge in [-0.15, -0.1) is 6.58 Å². The van der Waals surface area contributed by atoms with E-state index in [1.807, 2.05) is 6.08 Å². The van der Waals surface area contributed by atoms with Crippen molar-refractivity contribution in [2.45, 2.75) is 45.4 Å². The number of unbranched alkanes of at least 4 members (excludes halogenated alkanes) is 2. The van der Waals surface area contributed by atoms with Gasteiger partial charge in [0.1, 0.15) is 0 Å². The molecule has 0 amide bonds. The molecule has 71 valence electrons. The fourth-order valence-corrected chi connectivity index (χ4v) is 1.35. The topological polar surface area (TPSA) is 19.9 Å². The van der Waals surface area contributed by atoms with Crippen LogP contribution in [-0.2, 0) is 5.11 Å². The molecule has 1 unspecified atom stereocenters. The Kier molecular flexibility index (Phi) is 8.57. The Bertz CT molecular complexity index is 99.2. The minimum absolute atomic E-state index is 0.0966. The summed E-state index contributed by atoms with van der Waals surface area (Å²) in [6.07, 6.45) is 8.83. The molecule has 0 fully saturated rings. The summed E-state index contributed by atoms with van der Waals surface area (Å²) < 4.78 is 0. The maximum Gasteiger partial charge on any atom is 0.0822 e. The predicted octanol–water partition coefficient (Wildman–Crippen LogP) is 3.58. The average molecular weight is 169 g/mol. The molecule has 1 heteroatoms. The zero-order chi connectivity index (χ0) is 9.23. The summed E-state index contributed by atoms with van der Waals surface area (Å²) in [5.74, 6) is 0.788. The van der Waals surface area contributed by atoms with Gasteiger partial charge in [-0.05, 0) is 25.2 Å². The SMILES string of the molecule is C=CCCCC(C)CCCC[O]. The van der Waals surface area contributed by atoms with Gasteiger partial charge in [-0.25, -0.2) is 5.11 Å². The van der Waals surface area contributed by atoms with Gasteiger partial charge in [-0.3, -0.25) is 0 Å². The molecule has 12 heavy (non-hydrogen) atoms. The maximum atomic E-state index is 10.2. The minimum Gasteiger partial charge on any atom is -0.237 e. The van der Waals surface area contributed by atoms with Crippen molar-refractivity contribution in [3.05, 3.63) is 12.7 Å². The molecule has 0 aliphatic heterocycles. The molecule has 0 aromatic carbocycles. The highest BCUT2D eigenvalue weighted by Crippen LogP contribution is 2.14. The van der Waals surface area contributed by atoms with Gasteiger partial charge in [-0.1, -0.05) is 32.3 Å². The molecule has 0 aliphatic rings. The summed E-state index contributed by atoms with van der Waals surface area (Å²) in [4.78, 5) is 0. The van der Waals surface area contributed by atoms with Crippen LogP contribution in [0.15, 0.2) is 12.7 Å². The zero-order valence-corrected chi connectivity index (χ0v) is 8.22. The number of hydrogen-bond donors (Lipinski definition) is 0. The molecule has 0 aromatic rings. The molecule has 1 radical (unpaired) electrons. The van der Waals surface area contributed by atoms with Crippen LogP contribution in [0.1, 0.15) is 45.4 Å². The van der Waals surface area contributed by atoms with Crippen molar-refractivity contribution in [1.29, 1.82) is 0 Å². The minimum atomic E-state index is 0.0966. The van der Waals surface area contributed by atoms with Crippen molar-refractivity contribution >= 4 is 0 Å². The molecule has 0 saturated heterocycles. The Morgan fingerprint density at radius 1 is 1.25 bits per heavy atom. The van der Waals surface area contributed by atoms with Gasteiger partial charge in [0, 0.05) is 0 Å². The van der Waals surface area contributed by atoms with E-state index in [1.54, 1.807) is 0 Å². The zero-order valence-electron chi connectivity index (χ0n) is 8.22. The van der Waals surface area contributed by atoms with E-state index >= 15 is 0 Å². The summed E-state index contributed by atoms with van der Waals surface area (Å²) in [6, 6.07) is 0. The van der Waals surface area contributed by atoms with Crippen LogP contribution in [0.2, 0.25) is 0 Å². The first-order valence-electron chi connectivity index (χ1n) is 5.00. The molecule has 0 N–H and O–H groups in total. The molecular weight excluding hydrogens is 148 g/mol. The van der Waals surface area contributed by atoms with Crippen LogP contribution < -0.4 is 0 Å². The van der Waals surface area contributed by atoms with E-state index < -0.39 is 0 Å². The van der Waals surface area contributed by atoms with Gasteiger partial charge in [0.25, 0.3) is 0 Å². The van der Waals surface area contributed by atoms with Gasteiger partial charge < -0.3 is 0 Å². The highest BCUT2D eigenvalue weighted by atomic mass is 16.2. The third-order valence-corrected chi connectivity index (χ3v) is 2.20. The van der Waals surface area contributed by atoms with Gasteiger partial charge in [0.15, 0.2) is 0 Å².